The molecule has 1 atom stereocenters. The Morgan fingerprint density at radius 3 is 2.43 bits per heavy atom. The van der Waals surface area contributed by atoms with Crippen LogP contribution < -0.4 is 10.1 Å². The molecule has 0 aliphatic heterocycles. The highest BCUT2D eigenvalue weighted by molar-refractivity contribution is 5.91. The van der Waals surface area contributed by atoms with Crippen molar-refractivity contribution in [2.24, 2.45) is 0 Å². The normalized spacial score (nSPS) is 12.2. The Morgan fingerprint density at radius 2 is 1.90 bits per heavy atom. The van der Waals surface area contributed by atoms with Gasteiger partial charge in [-0.2, -0.15) is 0 Å². The molecule has 1 heterocycles. The number of carbonyl (C=O) groups excluding carboxylic acids is 1. The van der Waals surface area contributed by atoms with E-state index in [1.54, 1.807) is 13.0 Å². The number of hydrogen-bond acceptors (Lipinski definition) is 4. The summed E-state index contributed by atoms with van der Waals surface area (Å²) in [6.45, 7) is 7.66. The van der Waals surface area contributed by atoms with Gasteiger partial charge in [0.05, 0.1) is 17.8 Å². The fraction of sp³-hybridized carbons (Fsp3) is 0.375. The van der Waals surface area contributed by atoms with Crippen LogP contribution in [0.5, 0.6) is 5.75 Å². The third-order valence-electron chi connectivity index (χ3n) is 2.95. The van der Waals surface area contributed by atoms with Gasteiger partial charge in [-0.25, -0.2) is 0 Å². The molecular weight excluding hydrogens is 268 g/mol. The highest BCUT2D eigenvalue weighted by atomic mass is 16.5. The van der Waals surface area contributed by atoms with Gasteiger partial charge in [0, 0.05) is 6.07 Å². The Bertz CT molecular complexity index is 602. The molecule has 2 rings (SSSR count). The Kier molecular flexibility index (Phi) is 4.62. The van der Waals surface area contributed by atoms with Gasteiger partial charge < -0.3 is 14.6 Å². The number of nitrogens with zero attached hydrogens (tertiary/aromatic N) is 1. The molecule has 1 aromatic heterocycles. The first kappa shape index (κ1) is 15.1. The molecule has 0 saturated carbocycles. The van der Waals surface area contributed by atoms with E-state index in [2.05, 4.69) is 10.5 Å². The van der Waals surface area contributed by atoms with E-state index in [1.165, 1.54) is 0 Å². The van der Waals surface area contributed by atoms with E-state index in [0.717, 1.165) is 11.3 Å². The van der Waals surface area contributed by atoms with Crippen molar-refractivity contribution < 1.29 is 14.1 Å². The van der Waals surface area contributed by atoms with Crippen molar-refractivity contribution in [3.8, 4) is 5.75 Å². The topological polar surface area (TPSA) is 64.4 Å². The zero-order chi connectivity index (χ0) is 15.4. The molecule has 0 fully saturated rings. The summed E-state index contributed by atoms with van der Waals surface area (Å²) < 4.78 is 10.5. The lowest BCUT2D eigenvalue weighted by Crippen LogP contribution is -2.26. The monoisotopic (exact) mass is 288 g/mol. The molecule has 0 radical (unpaired) electrons. The minimum atomic E-state index is -0.273. The van der Waals surface area contributed by atoms with Gasteiger partial charge in [0.2, 0.25) is 5.76 Å². The van der Waals surface area contributed by atoms with Crippen molar-refractivity contribution in [1.29, 1.82) is 0 Å². The van der Waals surface area contributed by atoms with E-state index in [0.29, 0.717) is 5.69 Å². The molecule has 0 bridgehead atoms. The van der Waals surface area contributed by atoms with E-state index in [9.17, 15) is 4.79 Å². The van der Waals surface area contributed by atoms with E-state index in [4.69, 9.17) is 9.26 Å². The standard InChI is InChI=1S/C16H20N2O3/c1-10(2)20-14-7-5-13(6-8-14)12(4)17-16(19)15-9-11(3)18-21-15/h5-10,12H,1-4H3,(H,17,19). The van der Waals surface area contributed by atoms with Crippen LogP contribution in [0.2, 0.25) is 0 Å². The number of benzene rings is 1. The molecule has 21 heavy (non-hydrogen) atoms. The number of aryl methyl sites for hydroxylation is 1. The van der Waals surface area contributed by atoms with Crippen LogP contribution in [0.4, 0.5) is 0 Å². The SMILES string of the molecule is Cc1cc(C(=O)NC(C)c2ccc(OC(C)C)cc2)on1. The number of ether oxygens (including phenoxy) is 1. The van der Waals surface area contributed by atoms with Gasteiger partial charge in [0.15, 0.2) is 0 Å². The van der Waals surface area contributed by atoms with Gasteiger partial charge in [-0.15, -0.1) is 0 Å². The molecule has 112 valence electrons. The summed E-state index contributed by atoms with van der Waals surface area (Å²) in [5.74, 6) is 0.767. The molecule has 0 saturated heterocycles. The van der Waals surface area contributed by atoms with Crippen molar-refractivity contribution in [2.75, 3.05) is 0 Å². The molecule has 2 aromatic rings. The Labute approximate surface area is 124 Å². The summed E-state index contributed by atoms with van der Waals surface area (Å²) in [5.41, 5.74) is 1.68. The molecule has 1 unspecified atom stereocenters. The zero-order valence-electron chi connectivity index (χ0n) is 12.7. The van der Waals surface area contributed by atoms with Crippen LogP contribution in [0.3, 0.4) is 0 Å². The van der Waals surface area contributed by atoms with Gasteiger partial charge >= 0.3 is 0 Å². The second kappa shape index (κ2) is 6.43. The number of amides is 1. The fourth-order valence-electron chi connectivity index (χ4n) is 1.93. The van der Waals surface area contributed by atoms with Crippen molar-refractivity contribution in [3.05, 3.63) is 47.3 Å². The van der Waals surface area contributed by atoms with E-state index >= 15 is 0 Å². The van der Waals surface area contributed by atoms with Crippen LogP contribution in [-0.4, -0.2) is 17.2 Å². The van der Waals surface area contributed by atoms with Crippen LogP contribution in [0.25, 0.3) is 0 Å². The number of rotatable bonds is 5. The number of hydrogen-bond donors (Lipinski definition) is 1. The first-order chi connectivity index (χ1) is 9.95. The predicted molar refractivity (Wildman–Crippen MR) is 79.3 cm³/mol. The summed E-state index contributed by atoms with van der Waals surface area (Å²) in [4.78, 5) is 12.0. The van der Waals surface area contributed by atoms with Crippen molar-refractivity contribution >= 4 is 5.91 Å². The lowest BCUT2D eigenvalue weighted by molar-refractivity contribution is 0.0902. The average molecular weight is 288 g/mol. The molecule has 0 spiro atoms. The summed E-state index contributed by atoms with van der Waals surface area (Å²) in [7, 11) is 0. The maximum atomic E-state index is 12.0. The molecule has 0 aliphatic carbocycles. The quantitative estimate of drug-likeness (QED) is 0.917. The highest BCUT2D eigenvalue weighted by Gasteiger charge is 2.15. The van der Waals surface area contributed by atoms with Crippen LogP contribution in [-0.2, 0) is 0 Å². The highest BCUT2D eigenvalue weighted by Crippen LogP contribution is 2.19. The summed E-state index contributed by atoms with van der Waals surface area (Å²) >= 11 is 0. The molecule has 1 aromatic carbocycles. The first-order valence-corrected chi connectivity index (χ1v) is 6.96. The smallest absolute Gasteiger partial charge is 0.290 e. The molecule has 0 aliphatic rings. The van der Waals surface area contributed by atoms with Crippen molar-refractivity contribution in [3.63, 3.8) is 0 Å². The van der Waals surface area contributed by atoms with Crippen molar-refractivity contribution in [1.82, 2.24) is 10.5 Å². The Morgan fingerprint density at radius 1 is 1.24 bits per heavy atom. The lowest BCUT2D eigenvalue weighted by Gasteiger charge is -2.15. The number of carbonyl (C=O) groups is 1. The lowest BCUT2D eigenvalue weighted by atomic mass is 10.1. The van der Waals surface area contributed by atoms with Gasteiger partial charge in [-0.1, -0.05) is 17.3 Å². The van der Waals surface area contributed by atoms with Crippen LogP contribution in [0, 0.1) is 6.92 Å². The third-order valence-corrected chi connectivity index (χ3v) is 2.95. The van der Waals surface area contributed by atoms with Crippen LogP contribution in [0.15, 0.2) is 34.9 Å². The third kappa shape index (κ3) is 4.08. The fourth-order valence-corrected chi connectivity index (χ4v) is 1.93. The van der Waals surface area contributed by atoms with Crippen molar-refractivity contribution in [2.45, 2.75) is 39.8 Å². The maximum Gasteiger partial charge on any atom is 0.290 e. The first-order valence-electron chi connectivity index (χ1n) is 6.96. The molecule has 5 nitrogen and oxygen atoms in total. The second-order valence-corrected chi connectivity index (χ2v) is 5.26. The summed E-state index contributed by atoms with van der Waals surface area (Å²) in [6, 6.07) is 9.16. The molecular formula is C16H20N2O3. The summed E-state index contributed by atoms with van der Waals surface area (Å²) in [6.07, 6.45) is 0.141. The number of nitrogens with one attached hydrogen (secondary N) is 1. The maximum absolute atomic E-state index is 12.0. The Balaban J connectivity index is 1.99. The van der Waals surface area contributed by atoms with Crippen LogP contribution in [0.1, 0.15) is 48.6 Å². The average Bonchev–Trinajstić information content (AvgIpc) is 2.85. The molecule has 5 heteroatoms. The predicted octanol–water partition coefficient (Wildman–Crippen LogP) is 3.26. The van der Waals surface area contributed by atoms with E-state index in [-0.39, 0.29) is 23.8 Å². The van der Waals surface area contributed by atoms with E-state index in [1.807, 2.05) is 45.0 Å². The second-order valence-electron chi connectivity index (χ2n) is 5.26. The van der Waals surface area contributed by atoms with Gasteiger partial charge in [0.1, 0.15) is 5.75 Å². The van der Waals surface area contributed by atoms with Gasteiger partial charge in [-0.3, -0.25) is 4.79 Å². The summed E-state index contributed by atoms with van der Waals surface area (Å²) in [5, 5.41) is 6.58. The van der Waals surface area contributed by atoms with Gasteiger partial charge in [-0.05, 0) is 45.4 Å². The van der Waals surface area contributed by atoms with E-state index < -0.39 is 0 Å². The Hall–Kier alpha value is -2.30. The zero-order valence-corrected chi connectivity index (χ0v) is 12.7. The number of aromatic nitrogens is 1. The molecule has 1 N–H and O–H groups in total. The minimum Gasteiger partial charge on any atom is -0.491 e. The molecule has 1 amide bonds. The minimum absolute atomic E-state index is 0.129. The van der Waals surface area contributed by atoms with Crippen LogP contribution >= 0.6 is 0 Å². The largest absolute Gasteiger partial charge is 0.491 e. The van der Waals surface area contributed by atoms with Gasteiger partial charge in [0.25, 0.3) is 5.91 Å².